The third kappa shape index (κ3) is 2.56. The average Bonchev–Trinajstić information content (AvgIpc) is 3.12. The summed E-state index contributed by atoms with van der Waals surface area (Å²) in [6.45, 7) is 0.326. The van der Waals surface area contributed by atoms with Crippen molar-refractivity contribution in [3.63, 3.8) is 0 Å². The van der Waals surface area contributed by atoms with Gasteiger partial charge in [0.15, 0.2) is 5.82 Å². The quantitative estimate of drug-likeness (QED) is 0.917. The van der Waals surface area contributed by atoms with Gasteiger partial charge < -0.3 is 14.8 Å². The van der Waals surface area contributed by atoms with E-state index in [9.17, 15) is 0 Å². The molecule has 1 atom stereocenters. The van der Waals surface area contributed by atoms with E-state index < -0.39 is 0 Å². The molecule has 1 unspecified atom stereocenters. The Morgan fingerprint density at radius 2 is 2.00 bits per heavy atom. The highest BCUT2D eigenvalue weighted by molar-refractivity contribution is 5.03. The summed E-state index contributed by atoms with van der Waals surface area (Å²) >= 11 is 0. The Kier molecular flexibility index (Phi) is 3.64. The summed E-state index contributed by atoms with van der Waals surface area (Å²) in [5.74, 6) is 1.86. The summed E-state index contributed by atoms with van der Waals surface area (Å²) in [6, 6.07) is 4.23. The van der Waals surface area contributed by atoms with Gasteiger partial charge >= 0.3 is 0 Å². The van der Waals surface area contributed by atoms with Crippen LogP contribution in [0.25, 0.3) is 0 Å². The fourth-order valence-corrected chi connectivity index (χ4v) is 3.03. The largest absolute Gasteiger partial charge is 0.342 e. The summed E-state index contributed by atoms with van der Waals surface area (Å²) < 4.78 is 7.62. The van der Waals surface area contributed by atoms with Crippen molar-refractivity contribution in [3.8, 4) is 0 Å². The fourth-order valence-electron chi connectivity index (χ4n) is 3.03. The van der Waals surface area contributed by atoms with Crippen LogP contribution in [0.4, 0.5) is 0 Å². The van der Waals surface area contributed by atoms with Crippen LogP contribution in [0.15, 0.2) is 29.0 Å². The van der Waals surface area contributed by atoms with Gasteiger partial charge in [0.05, 0.1) is 6.54 Å². The Labute approximate surface area is 112 Å². The van der Waals surface area contributed by atoms with E-state index in [2.05, 4.69) is 27.1 Å². The second-order valence-corrected chi connectivity index (χ2v) is 5.23. The third-order valence-corrected chi connectivity index (χ3v) is 3.96. The summed E-state index contributed by atoms with van der Waals surface area (Å²) in [6.07, 6.45) is 10.5. The lowest BCUT2D eigenvalue weighted by molar-refractivity contribution is 0.229. The standard InChI is InChI=1S/C14H20N4O/c15-10-12-16-14(19-17-12)13(18-8-4-5-9-18)11-6-2-1-3-7-11/h4-5,8-9,11,13H,1-3,6-7,10,15H2. The molecule has 2 aromatic rings. The first kappa shape index (κ1) is 12.4. The Hall–Kier alpha value is -1.62. The molecule has 0 radical (unpaired) electrons. The molecule has 3 rings (SSSR count). The van der Waals surface area contributed by atoms with E-state index in [4.69, 9.17) is 10.3 Å². The Morgan fingerprint density at radius 1 is 1.26 bits per heavy atom. The van der Waals surface area contributed by atoms with Crippen LogP contribution in [-0.2, 0) is 6.54 Å². The zero-order chi connectivity index (χ0) is 13.1. The highest BCUT2D eigenvalue weighted by atomic mass is 16.5. The lowest BCUT2D eigenvalue weighted by Crippen LogP contribution is -2.22. The van der Waals surface area contributed by atoms with Crippen molar-refractivity contribution in [1.82, 2.24) is 14.7 Å². The van der Waals surface area contributed by atoms with Gasteiger partial charge in [-0.15, -0.1) is 0 Å². The molecular weight excluding hydrogens is 240 g/mol. The van der Waals surface area contributed by atoms with Crippen LogP contribution in [-0.4, -0.2) is 14.7 Å². The minimum absolute atomic E-state index is 0.156. The lowest BCUT2D eigenvalue weighted by Gasteiger charge is -2.28. The van der Waals surface area contributed by atoms with Crippen LogP contribution in [0.3, 0.4) is 0 Å². The van der Waals surface area contributed by atoms with Crippen molar-refractivity contribution in [2.75, 3.05) is 0 Å². The predicted octanol–water partition coefficient (Wildman–Crippen LogP) is 2.50. The van der Waals surface area contributed by atoms with E-state index in [0.29, 0.717) is 24.2 Å². The molecule has 1 fully saturated rings. The number of nitrogens with zero attached hydrogens (tertiary/aromatic N) is 3. The molecule has 0 aromatic carbocycles. The fraction of sp³-hybridized carbons (Fsp3) is 0.571. The summed E-state index contributed by atoms with van der Waals surface area (Å²) in [7, 11) is 0. The molecule has 1 aliphatic carbocycles. The van der Waals surface area contributed by atoms with E-state index in [-0.39, 0.29) is 6.04 Å². The highest BCUT2D eigenvalue weighted by Gasteiger charge is 2.30. The summed E-state index contributed by atoms with van der Waals surface area (Å²) in [5, 5.41) is 3.94. The van der Waals surface area contributed by atoms with Crippen LogP contribution in [0.2, 0.25) is 0 Å². The molecule has 19 heavy (non-hydrogen) atoms. The zero-order valence-electron chi connectivity index (χ0n) is 11.0. The van der Waals surface area contributed by atoms with Crippen molar-refractivity contribution in [2.24, 2.45) is 11.7 Å². The Bertz CT molecular complexity index is 499. The zero-order valence-corrected chi connectivity index (χ0v) is 11.0. The first-order chi connectivity index (χ1) is 9.38. The van der Waals surface area contributed by atoms with E-state index in [1.807, 2.05) is 12.1 Å². The number of aromatic nitrogens is 3. The topological polar surface area (TPSA) is 69.9 Å². The maximum absolute atomic E-state index is 5.57. The summed E-state index contributed by atoms with van der Waals surface area (Å²) in [4.78, 5) is 4.44. The molecule has 5 nitrogen and oxygen atoms in total. The molecule has 0 bridgehead atoms. The van der Waals surface area contributed by atoms with Gasteiger partial charge in [-0.3, -0.25) is 0 Å². The molecule has 2 aromatic heterocycles. The van der Waals surface area contributed by atoms with Gasteiger partial charge in [0, 0.05) is 12.4 Å². The normalized spacial score (nSPS) is 18.6. The third-order valence-electron chi connectivity index (χ3n) is 3.96. The maximum Gasteiger partial charge on any atom is 0.250 e. The first-order valence-corrected chi connectivity index (χ1v) is 7.03. The molecule has 2 heterocycles. The van der Waals surface area contributed by atoms with Crippen molar-refractivity contribution < 1.29 is 4.52 Å². The predicted molar refractivity (Wildman–Crippen MR) is 71.3 cm³/mol. The van der Waals surface area contributed by atoms with Crippen LogP contribution >= 0.6 is 0 Å². The van der Waals surface area contributed by atoms with E-state index in [1.165, 1.54) is 32.1 Å². The molecular formula is C14H20N4O. The summed E-state index contributed by atoms with van der Waals surface area (Å²) in [5.41, 5.74) is 5.57. The van der Waals surface area contributed by atoms with Crippen LogP contribution in [0.5, 0.6) is 0 Å². The van der Waals surface area contributed by atoms with Gasteiger partial charge in [-0.2, -0.15) is 4.98 Å². The molecule has 0 saturated heterocycles. The minimum Gasteiger partial charge on any atom is -0.342 e. The molecule has 0 spiro atoms. The SMILES string of the molecule is NCc1noc(C(C2CCCCC2)n2cccc2)n1. The number of hydrogen-bond acceptors (Lipinski definition) is 4. The van der Waals surface area contributed by atoms with E-state index in [0.717, 1.165) is 0 Å². The maximum atomic E-state index is 5.57. The molecule has 2 N–H and O–H groups in total. The van der Waals surface area contributed by atoms with Gasteiger partial charge in [-0.25, -0.2) is 0 Å². The van der Waals surface area contributed by atoms with Crippen LogP contribution < -0.4 is 5.73 Å². The van der Waals surface area contributed by atoms with Gasteiger partial charge in [-0.05, 0) is 30.9 Å². The molecule has 1 saturated carbocycles. The van der Waals surface area contributed by atoms with Crippen LogP contribution in [0, 0.1) is 5.92 Å². The Morgan fingerprint density at radius 3 is 2.63 bits per heavy atom. The van der Waals surface area contributed by atoms with E-state index >= 15 is 0 Å². The Balaban J connectivity index is 1.91. The number of rotatable bonds is 4. The van der Waals surface area contributed by atoms with Crippen molar-refractivity contribution in [3.05, 3.63) is 36.2 Å². The first-order valence-electron chi connectivity index (χ1n) is 7.03. The molecule has 0 aliphatic heterocycles. The van der Waals surface area contributed by atoms with Crippen molar-refractivity contribution >= 4 is 0 Å². The molecule has 5 heteroatoms. The van der Waals surface area contributed by atoms with Crippen molar-refractivity contribution in [2.45, 2.75) is 44.7 Å². The number of hydrogen-bond donors (Lipinski definition) is 1. The minimum atomic E-state index is 0.156. The van der Waals surface area contributed by atoms with Crippen molar-refractivity contribution in [1.29, 1.82) is 0 Å². The van der Waals surface area contributed by atoms with Gasteiger partial charge in [0.2, 0.25) is 5.89 Å². The smallest absolute Gasteiger partial charge is 0.250 e. The number of nitrogens with two attached hydrogens (primary N) is 1. The second-order valence-electron chi connectivity index (χ2n) is 5.23. The monoisotopic (exact) mass is 260 g/mol. The second kappa shape index (κ2) is 5.57. The van der Waals surface area contributed by atoms with E-state index in [1.54, 1.807) is 0 Å². The average molecular weight is 260 g/mol. The molecule has 102 valence electrons. The molecule has 1 aliphatic rings. The van der Waals surface area contributed by atoms with Gasteiger partial charge in [0.25, 0.3) is 0 Å². The van der Waals surface area contributed by atoms with Crippen LogP contribution in [0.1, 0.15) is 49.9 Å². The lowest BCUT2D eigenvalue weighted by atomic mass is 9.83. The highest BCUT2D eigenvalue weighted by Crippen LogP contribution is 2.36. The van der Waals surface area contributed by atoms with Gasteiger partial charge in [0.1, 0.15) is 6.04 Å². The van der Waals surface area contributed by atoms with Gasteiger partial charge in [-0.1, -0.05) is 24.4 Å². The molecule has 0 amide bonds.